The summed E-state index contributed by atoms with van der Waals surface area (Å²) in [6.45, 7) is 13.6. The van der Waals surface area contributed by atoms with Gasteiger partial charge in [-0.2, -0.15) is 5.26 Å². The van der Waals surface area contributed by atoms with Gasteiger partial charge in [0.1, 0.15) is 0 Å². The standard InChI is InChI=1S/C59H53N3/c1-58(2,3)50-39-51(59(4,5)6)41-57(40-50)62(54-33-23-45(42-60)24-34-54)56-37-31-49(32-38-56)47-27-21-44(22-28-47)18-17-43-19-25-46(26-20-43)48-29-35-55(36-30-48)61(52-13-9-7-10-14-52)53-15-11-8-12-16-53/h7-41H,1-6H3/b18-17+. The molecule has 0 bridgehead atoms. The minimum Gasteiger partial charge on any atom is -0.311 e. The molecule has 0 N–H and O–H groups in total. The minimum absolute atomic E-state index is 0.0218. The van der Waals surface area contributed by atoms with Crippen LogP contribution in [0.2, 0.25) is 0 Å². The summed E-state index contributed by atoms with van der Waals surface area (Å²) in [7, 11) is 0. The fourth-order valence-corrected chi connectivity index (χ4v) is 7.71. The maximum absolute atomic E-state index is 9.54. The minimum atomic E-state index is -0.0218. The zero-order valence-electron chi connectivity index (χ0n) is 36.5. The van der Waals surface area contributed by atoms with Crippen molar-refractivity contribution in [2.45, 2.75) is 52.4 Å². The lowest BCUT2D eigenvalue weighted by atomic mass is 9.80. The van der Waals surface area contributed by atoms with E-state index in [9.17, 15) is 5.26 Å². The van der Waals surface area contributed by atoms with Gasteiger partial charge in [-0.1, -0.05) is 169 Å². The second kappa shape index (κ2) is 17.7. The zero-order chi connectivity index (χ0) is 43.3. The van der Waals surface area contributed by atoms with E-state index in [1.54, 1.807) is 0 Å². The molecule has 0 saturated carbocycles. The molecular formula is C59H53N3. The second-order valence-corrected chi connectivity index (χ2v) is 17.9. The van der Waals surface area contributed by atoms with E-state index >= 15 is 0 Å². The molecular weight excluding hydrogens is 751 g/mol. The van der Waals surface area contributed by atoms with Crippen LogP contribution in [0.4, 0.5) is 34.1 Å². The van der Waals surface area contributed by atoms with Gasteiger partial charge in [0.05, 0.1) is 11.6 Å². The molecule has 0 aromatic heterocycles. The number of rotatable bonds is 10. The maximum atomic E-state index is 9.54. The van der Waals surface area contributed by atoms with Crippen LogP contribution < -0.4 is 9.80 Å². The summed E-state index contributed by atoms with van der Waals surface area (Å²) in [4.78, 5) is 4.59. The van der Waals surface area contributed by atoms with Gasteiger partial charge in [-0.15, -0.1) is 0 Å². The largest absolute Gasteiger partial charge is 0.311 e. The van der Waals surface area contributed by atoms with E-state index in [0.717, 1.165) is 56.4 Å². The molecule has 62 heavy (non-hydrogen) atoms. The summed E-state index contributed by atoms with van der Waals surface area (Å²) in [5.41, 5.74) is 16.7. The first kappa shape index (κ1) is 41.3. The van der Waals surface area contributed by atoms with Crippen LogP contribution >= 0.6 is 0 Å². The molecule has 304 valence electrons. The van der Waals surface area contributed by atoms with Crippen molar-refractivity contribution in [3.63, 3.8) is 0 Å². The van der Waals surface area contributed by atoms with Gasteiger partial charge >= 0.3 is 0 Å². The molecule has 0 aliphatic rings. The molecule has 0 atom stereocenters. The Hall–Kier alpha value is -7.41. The Morgan fingerprint density at radius 1 is 0.355 bits per heavy atom. The first-order valence-corrected chi connectivity index (χ1v) is 21.4. The van der Waals surface area contributed by atoms with Gasteiger partial charge < -0.3 is 9.80 Å². The van der Waals surface area contributed by atoms with Crippen molar-refractivity contribution < 1.29 is 0 Å². The van der Waals surface area contributed by atoms with E-state index in [2.05, 4.69) is 245 Å². The van der Waals surface area contributed by atoms with Gasteiger partial charge in [0.15, 0.2) is 0 Å². The Morgan fingerprint density at radius 3 is 1.00 bits per heavy atom. The molecule has 0 aliphatic heterocycles. The van der Waals surface area contributed by atoms with Gasteiger partial charge in [0.2, 0.25) is 0 Å². The fourth-order valence-electron chi connectivity index (χ4n) is 7.71. The lowest BCUT2D eigenvalue weighted by molar-refractivity contribution is 0.569. The summed E-state index contributed by atoms with van der Waals surface area (Å²) in [5.74, 6) is 0. The summed E-state index contributed by atoms with van der Waals surface area (Å²) >= 11 is 0. The molecule has 8 aromatic rings. The highest BCUT2D eigenvalue weighted by molar-refractivity contribution is 5.81. The molecule has 0 radical (unpaired) electrons. The molecule has 0 aliphatic carbocycles. The van der Waals surface area contributed by atoms with Gasteiger partial charge in [-0.3, -0.25) is 0 Å². The Labute approximate surface area is 368 Å². The van der Waals surface area contributed by atoms with E-state index in [4.69, 9.17) is 0 Å². The van der Waals surface area contributed by atoms with Crippen LogP contribution in [0.15, 0.2) is 200 Å². The highest BCUT2D eigenvalue weighted by Crippen LogP contribution is 2.41. The maximum Gasteiger partial charge on any atom is 0.0991 e. The predicted octanol–water partition coefficient (Wildman–Crippen LogP) is 16.6. The lowest BCUT2D eigenvalue weighted by Crippen LogP contribution is -2.19. The van der Waals surface area contributed by atoms with Gasteiger partial charge in [-0.05, 0) is 140 Å². The van der Waals surface area contributed by atoms with Crippen molar-refractivity contribution >= 4 is 46.3 Å². The zero-order valence-corrected chi connectivity index (χ0v) is 36.5. The number of nitrogens with zero attached hydrogens (tertiary/aromatic N) is 3. The topological polar surface area (TPSA) is 30.3 Å². The first-order chi connectivity index (χ1) is 29.9. The lowest BCUT2D eigenvalue weighted by Gasteiger charge is -2.31. The number of benzene rings is 8. The number of para-hydroxylation sites is 2. The fraction of sp³-hybridized carbons (Fsp3) is 0.136. The third kappa shape index (κ3) is 9.47. The molecule has 0 spiro atoms. The molecule has 0 saturated heterocycles. The van der Waals surface area contributed by atoms with Crippen molar-refractivity contribution in [2.24, 2.45) is 0 Å². The highest BCUT2D eigenvalue weighted by Gasteiger charge is 2.23. The van der Waals surface area contributed by atoms with Crippen LogP contribution in [-0.2, 0) is 10.8 Å². The van der Waals surface area contributed by atoms with Crippen LogP contribution in [0, 0.1) is 11.3 Å². The van der Waals surface area contributed by atoms with E-state index in [1.807, 2.05) is 24.3 Å². The Balaban J connectivity index is 0.980. The Morgan fingerprint density at radius 2 is 0.661 bits per heavy atom. The van der Waals surface area contributed by atoms with Crippen LogP contribution in [0.5, 0.6) is 0 Å². The normalized spacial score (nSPS) is 11.6. The van der Waals surface area contributed by atoms with Crippen molar-refractivity contribution in [2.75, 3.05) is 9.80 Å². The summed E-state index contributed by atoms with van der Waals surface area (Å²) < 4.78 is 0. The Bertz CT molecular complexity index is 2730. The summed E-state index contributed by atoms with van der Waals surface area (Å²) in [6, 6.07) is 73.2. The van der Waals surface area contributed by atoms with Crippen LogP contribution in [0.3, 0.4) is 0 Å². The summed E-state index contributed by atoms with van der Waals surface area (Å²) in [6.07, 6.45) is 4.34. The van der Waals surface area contributed by atoms with Crippen LogP contribution in [-0.4, -0.2) is 0 Å². The van der Waals surface area contributed by atoms with Crippen molar-refractivity contribution in [1.82, 2.24) is 0 Å². The van der Waals surface area contributed by atoms with Gasteiger partial charge in [0.25, 0.3) is 0 Å². The molecule has 3 nitrogen and oxygen atoms in total. The molecule has 8 aromatic carbocycles. The number of nitriles is 1. The van der Waals surface area contributed by atoms with E-state index in [0.29, 0.717) is 5.56 Å². The average molecular weight is 804 g/mol. The van der Waals surface area contributed by atoms with E-state index in [-0.39, 0.29) is 10.8 Å². The smallest absolute Gasteiger partial charge is 0.0991 e. The number of hydrogen-bond acceptors (Lipinski definition) is 3. The van der Waals surface area contributed by atoms with E-state index in [1.165, 1.54) is 22.3 Å². The molecule has 0 heterocycles. The third-order valence-corrected chi connectivity index (χ3v) is 11.4. The predicted molar refractivity (Wildman–Crippen MR) is 264 cm³/mol. The second-order valence-electron chi connectivity index (χ2n) is 17.9. The molecule has 0 fully saturated rings. The Kier molecular flexibility index (Phi) is 11.8. The number of hydrogen-bond donors (Lipinski definition) is 0. The third-order valence-electron chi connectivity index (χ3n) is 11.4. The van der Waals surface area contributed by atoms with Crippen LogP contribution in [0.1, 0.15) is 69.4 Å². The first-order valence-electron chi connectivity index (χ1n) is 21.4. The quantitative estimate of drug-likeness (QED) is 0.129. The highest BCUT2D eigenvalue weighted by atomic mass is 15.1. The van der Waals surface area contributed by atoms with Crippen molar-refractivity contribution in [1.29, 1.82) is 5.26 Å². The SMILES string of the molecule is CC(C)(C)c1cc(N(c2ccc(C#N)cc2)c2ccc(-c3ccc(/C=C/c4ccc(-c5ccc(N(c6ccccc6)c6ccccc6)cc5)cc4)cc3)cc2)cc(C(C)(C)C)c1. The van der Waals surface area contributed by atoms with Gasteiger partial charge in [-0.25, -0.2) is 0 Å². The summed E-state index contributed by atoms with van der Waals surface area (Å²) in [5, 5.41) is 9.54. The van der Waals surface area contributed by atoms with Crippen LogP contribution in [0.25, 0.3) is 34.4 Å². The number of anilines is 6. The molecule has 3 heteroatoms. The average Bonchev–Trinajstić information content (AvgIpc) is 3.30. The van der Waals surface area contributed by atoms with Crippen molar-refractivity contribution in [3.05, 3.63) is 228 Å². The van der Waals surface area contributed by atoms with E-state index < -0.39 is 0 Å². The molecule has 0 amide bonds. The van der Waals surface area contributed by atoms with Gasteiger partial charge in [0, 0.05) is 34.1 Å². The monoisotopic (exact) mass is 803 g/mol. The molecule has 8 rings (SSSR count). The molecule has 0 unspecified atom stereocenters. The van der Waals surface area contributed by atoms with Crippen molar-refractivity contribution in [3.8, 4) is 28.3 Å².